The largest absolute Gasteiger partial charge is 0.348 e. The second-order valence-corrected chi connectivity index (χ2v) is 3.43. The Balaban J connectivity index is 2.50. The van der Waals surface area contributed by atoms with Crippen LogP contribution in [0, 0.1) is 0 Å². The molecule has 0 aliphatic heterocycles. The van der Waals surface area contributed by atoms with Crippen molar-refractivity contribution in [2.75, 3.05) is 0 Å². The SMILES string of the molecule is Cn1ccc(=O)cc1C(=O)c1cccnc1. The molecule has 0 unspecified atom stereocenters. The van der Waals surface area contributed by atoms with E-state index >= 15 is 0 Å². The van der Waals surface area contributed by atoms with Crippen LogP contribution >= 0.6 is 0 Å². The molecule has 4 heteroatoms. The Morgan fingerprint density at radius 2 is 2.19 bits per heavy atom. The van der Waals surface area contributed by atoms with Crippen molar-refractivity contribution in [3.8, 4) is 0 Å². The summed E-state index contributed by atoms with van der Waals surface area (Å²) in [5.41, 5.74) is 0.662. The zero-order valence-electron chi connectivity index (χ0n) is 8.75. The van der Waals surface area contributed by atoms with Crippen LogP contribution in [0.15, 0.2) is 47.7 Å². The molecule has 0 bridgehead atoms. The highest BCUT2D eigenvalue weighted by Crippen LogP contribution is 2.05. The number of carbonyl (C=O) groups is 1. The Morgan fingerprint density at radius 3 is 2.88 bits per heavy atom. The van der Waals surface area contributed by atoms with Crippen molar-refractivity contribution in [3.05, 3.63) is 64.3 Å². The quantitative estimate of drug-likeness (QED) is 0.701. The topological polar surface area (TPSA) is 52.0 Å². The maximum absolute atomic E-state index is 12.0. The second kappa shape index (κ2) is 4.10. The highest BCUT2D eigenvalue weighted by atomic mass is 16.1. The Bertz CT molecular complexity index is 573. The van der Waals surface area contributed by atoms with Crippen molar-refractivity contribution >= 4 is 5.78 Å². The van der Waals surface area contributed by atoms with Gasteiger partial charge in [-0.3, -0.25) is 14.6 Å². The third kappa shape index (κ3) is 1.91. The van der Waals surface area contributed by atoms with Gasteiger partial charge in [-0.25, -0.2) is 0 Å². The van der Waals surface area contributed by atoms with Gasteiger partial charge in [0.15, 0.2) is 5.43 Å². The highest BCUT2D eigenvalue weighted by Gasteiger charge is 2.11. The van der Waals surface area contributed by atoms with Gasteiger partial charge in [-0.05, 0) is 12.1 Å². The standard InChI is InChI=1S/C12H10N2O2/c1-14-6-4-10(15)7-11(14)12(16)9-3-2-5-13-8-9/h2-8H,1H3. The lowest BCUT2D eigenvalue weighted by Gasteiger charge is -2.06. The zero-order valence-corrected chi connectivity index (χ0v) is 8.75. The number of hydrogen-bond acceptors (Lipinski definition) is 3. The van der Waals surface area contributed by atoms with E-state index in [2.05, 4.69) is 4.98 Å². The summed E-state index contributed by atoms with van der Waals surface area (Å²) in [6.07, 6.45) is 4.66. The summed E-state index contributed by atoms with van der Waals surface area (Å²) >= 11 is 0. The lowest BCUT2D eigenvalue weighted by atomic mass is 10.1. The number of aromatic nitrogens is 2. The van der Waals surface area contributed by atoms with E-state index in [1.807, 2.05) is 0 Å². The smallest absolute Gasteiger partial charge is 0.211 e. The van der Waals surface area contributed by atoms with E-state index in [1.54, 1.807) is 36.1 Å². The van der Waals surface area contributed by atoms with E-state index in [9.17, 15) is 9.59 Å². The van der Waals surface area contributed by atoms with Gasteiger partial charge >= 0.3 is 0 Å². The van der Waals surface area contributed by atoms with E-state index in [0.29, 0.717) is 11.3 Å². The molecule has 0 aliphatic carbocycles. The van der Waals surface area contributed by atoms with Gasteiger partial charge in [0.1, 0.15) is 0 Å². The van der Waals surface area contributed by atoms with E-state index < -0.39 is 0 Å². The van der Waals surface area contributed by atoms with Crippen molar-refractivity contribution < 1.29 is 4.79 Å². The number of ketones is 1. The van der Waals surface area contributed by atoms with Crippen LogP contribution in [0.2, 0.25) is 0 Å². The van der Waals surface area contributed by atoms with Crippen molar-refractivity contribution in [1.29, 1.82) is 0 Å². The zero-order chi connectivity index (χ0) is 11.5. The molecule has 0 saturated heterocycles. The summed E-state index contributed by atoms with van der Waals surface area (Å²) in [6, 6.07) is 6.11. The van der Waals surface area contributed by atoms with Crippen LogP contribution in [-0.2, 0) is 7.05 Å². The molecule has 0 aromatic carbocycles. The average molecular weight is 214 g/mol. The predicted molar refractivity (Wildman–Crippen MR) is 59.4 cm³/mol. The minimum absolute atomic E-state index is 0.176. The van der Waals surface area contributed by atoms with E-state index in [4.69, 9.17) is 0 Å². The predicted octanol–water partition coefficient (Wildman–Crippen LogP) is 1.01. The summed E-state index contributed by atoms with van der Waals surface area (Å²) in [7, 11) is 1.73. The Kier molecular flexibility index (Phi) is 2.64. The summed E-state index contributed by atoms with van der Waals surface area (Å²) in [4.78, 5) is 27.1. The fraction of sp³-hybridized carbons (Fsp3) is 0.0833. The molecule has 0 atom stereocenters. The molecular weight excluding hydrogens is 204 g/mol. The van der Waals surface area contributed by atoms with Crippen LogP contribution in [0.3, 0.4) is 0 Å². The highest BCUT2D eigenvalue weighted by molar-refractivity contribution is 6.07. The molecule has 0 fully saturated rings. The molecule has 2 rings (SSSR count). The van der Waals surface area contributed by atoms with Crippen LogP contribution in [-0.4, -0.2) is 15.3 Å². The molecule has 0 amide bonds. The number of rotatable bonds is 2. The lowest BCUT2D eigenvalue weighted by Crippen LogP contribution is -2.14. The van der Waals surface area contributed by atoms with Gasteiger partial charge in [0.05, 0.1) is 5.69 Å². The Morgan fingerprint density at radius 1 is 1.38 bits per heavy atom. The first-order valence-electron chi connectivity index (χ1n) is 4.80. The molecule has 2 aromatic rings. The summed E-state index contributed by atoms with van der Waals surface area (Å²) in [5, 5.41) is 0. The van der Waals surface area contributed by atoms with E-state index in [0.717, 1.165) is 0 Å². The number of pyridine rings is 2. The second-order valence-electron chi connectivity index (χ2n) is 3.43. The van der Waals surface area contributed by atoms with Crippen LogP contribution in [0.1, 0.15) is 16.1 Å². The maximum atomic E-state index is 12.0. The average Bonchev–Trinajstić information content (AvgIpc) is 2.32. The normalized spacial score (nSPS) is 10.1. The van der Waals surface area contributed by atoms with Gasteiger partial charge < -0.3 is 4.57 Å². The molecule has 0 spiro atoms. The third-order valence-corrected chi connectivity index (χ3v) is 2.28. The number of carbonyl (C=O) groups excluding carboxylic acids is 1. The van der Waals surface area contributed by atoms with Gasteiger partial charge in [0.25, 0.3) is 0 Å². The molecular formula is C12H10N2O2. The molecule has 4 nitrogen and oxygen atoms in total. The molecule has 0 aliphatic rings. The molecule has 0 saturated carbocycles. The van der Waals surface area contributed by atoms with Crippen LogP contribution < -0.4 is 5.43 Å². The van der Waals surface area contributed by atoms with Gasteiger partial charge in [0, 0.05) is 43.3 Å². The van der Waals surface area contributed by atoms with Gasteiger partial charge in [-0.2, -0.15) is 0 Å². The maximum Gasteiger partial charge on any atom is 0.211 e. The fourth-order valence-corrected chi connectivity index (χ4v) is 1.42. The number of aryl methyl sites for hydroxylation is 1. The molecule has 0 radical (unpaired) electrons. The van der Waals surface area contributed by atoms with Crippen molar-refractivity contribution in [3.63, 3.8) is 0 Å². The lowest BCUT2D eigenvalue weighted by molar-refractivity contribution is 0.103. The minimum atomic E-state index is -0.201. The van der Waals surface area contributed by atoms with Gasteiger partial charge in [0.2, 0.25) is 5.78 Å². The van der Waals surface area contributed by atoms with Crippen LogP contribution in [0.4, 0.5) is 0 Å². The van der Waals surface area contributed by atoms with Crippen LogP contribution in [0.25, 0.3) is 0 Å². The van der Waals surface area contributed by atoms with Gasteiger partial charge in [-0.1, -0.05) is 0 Å². The van der Waals surface area contributed by atoms with Crippen LogP contribution in [0.5, 0.6) is 0 Å². The molecule has 2 aromatic heterocycles. The monoisotopic (exact) mass is 214 g/mol. The van der Waals surface area contributed by atoms with Crippen molar-refractivity contribution in [1.82, 2.24) is 9.55 Å². The van der Waals surface area contributed by atoms with Gasteiger partial charge in [-0.15, -0.1) is 0 Å². The Labute approximate surface area is 92.2 Å². The summed E-state index contributed by atoms with van der Waals surface area (Å²) in [5.74, 6) is -0.201. The first-order valence-corrected chi connectivity index (χ1v) is 4.80. The molecule has 80 valence electrons. The first-order chi connectivity index (χ1) is 7.68. The van der Waals surface area contributed by atoms with E-state index in [1.165, 1.54) is 18.3 Å². The molecule has 16 heavy (non-hydrogen) atoms. The van der Waals surface area contributed by atoms with E-state index in [-0.39, 0.29) is 11.2 Å². The number of hydrogen-bond donors (Lipinski definition) is 0. The number of nitrogens with zero attached hydrogens (tertiary/aromatic N) is 2. The summed E-state index contributed by atoms with van der Waals surface area (Å²) < 4.78 is 1.62. The fourth-order valence-electron chi connectivity index (χ4n) is 1.42. The molecule has 2 heterocycles. The van der Waals surface area contributed by atoms with Crippen molar-refractivity contribution in [2.24, 2.45) is 7.05 Å². The first kappa shape index (κ1) is 10.3. The summed E-state index contributed by atoms with van der Waals surface area (Å²) in [6.45, 7) is 0. The third-order valence-electron chi connectivity index (χ3n) is 2.28. The molecule has 0 N–H and O–H groups in total. The minimum Gasteiger partial charge on any atom is -0.348 e. The Hall–Kier alpha value is -2.23. The van der Waals surface area contributed by atoms with Crippen molar-refractivity contribution in [2.45, 2.75) is 0 Å².